The maximum Gasteiger partial charge on any atom is 0.164 e. The summed E-state index contributed by atoms with van der Waals surface area (Å²) in [5.74, 6) is 1.90. The van der Waals surface area contributed by atoms with Gasteiger partial charge in [-0.15, -0.1) is 0 Å². The van der Waals surface area contributed by atoms with Crippen molar-refractivity contribution in [2.45, 2.75) is 0 Å². The highest BCUT2D eigenvalue weighted by Crippen LogP contribution is 2.31. The maximum atomic E-state index is 4.99. The molecule has 0 aliphatic rings. The second-order valence-electron chi connectivity index (χ2n) is 11.4. The van der Waals surface area contributed by atoms with Gasteiger partial charge in [-0.25, -0.2) is 15.0 Å². The predicted molar refractivity (Wildman–Crippen MR) is 193 cm³/mol. The van der Waals surface area contributed by atoms with E-state index in [0.717, 1.165) is 55.8 Å². The molecule has 3 aromatic heterocycles. The van der Waals surface area contributed by atoms with Gasteiger partial charge in [0.05, 0.1) is 5.69 Å². The van der Waals surface area contributed by atoms with Gasteiger partial charge < -0.3 is 0 Å². The Morgan fingerprint density at radius 2 is 0.750 bits per heavy atom. The summed E-state index contributed by atoms with van der Waals surface area (Å²) in [4.78, 5) is 23.7. The van der Waals surface area contributed by atoms with Crippen LogP contribution in [0.15, 0.2) is 176 Å². The average Bonchev–Trinajstić information content (AvgIpc) is 3.19. The first kappa shape index (κ1) is 28.9. The third kappa shape index (κ3) is 6.13. The van der Waals surface area contributed by atoms with E-state index in [1.807, 2.05) is 67.0 Å². The highest BCUT2D eigenvalue weighted by molar-refractivity contribution is 5.75. The Balaban J connectivity index is 1.11. The lowest BCUT2D eigenvalue weighted by Gasteiger charge is -2.10. The highest BCUT2D eigenvalue weighted by atomic mass is 15.0. The van der Waals surface area contributed by atoms with E-state index >= 15 is 0 Å². The monoisotopic (exact) mass is 615 g/mol. The molecule has 48 heavy (non-hydrogen) atoms. The van der Waals surface area contributed by atoms with Crippen molar-refractivity contribution in [3.63, 3.8) is 0 Å². The molecule has 0 bridgehead atoms. The molecule has 3 heterocycles. The molecule has 0 amide bonds. The van der Waals surface area contributed by atoms with Gasteiger partial charge in [0.15, 0.2) is 17.5 Å². The average molecular weight is 616 g/mol. The molecule has 0 spiro atoms. The van der Waals surface area contributed by atoms with Crippen LogP contribution in [0.1, 0.15) is 0 Å². The molecule has 0 aliphatic heterocycles. The van der Waals surface area contributed by atoms with E-state index in [0.29, 0.717) is 17.5 Å². The predicted octanol–water partition coefficient (Wildman–Crippen LogP) is 10.3. The smallest absolute Gasteiger partial charge is 0.164 e. The summed E-state index contributed by atoms with van der Waals surface area (Å²) >= 11 is 0. The van der Waals surface area contributed by atoms with Crippen molar-refractivity contribution < 1.29 is 0 Å². The Labute approximate surface area is 279 Å². The van der Waals surface area contributed by atoms with E-state index in [1.165, 1.54) is 5.56 Å². The summed E-state index contributed by atoms with van der Waals surface area (Å²) in [5.41, 5.74) is 11.4. The topological polar surface area (TPSA) is 64.5 Å². The SMILES string of the molecule is c1ccc(-c2ccc(-c3nc(-c4ccccc4)nc(-c4cccc(-c5ccc(-c6ccc(-c7cccnc7)nc6)cc5)c4)n3)cc2)cc1. The minimum atomic E-state index is 0.629. The van der Waals surface area contributed by atoms with Gasteiger partial charge in [0.2, 0.25) is 0 Å². The van der Waals surface area contributed by atoms with Crippen molar-refractivity contribution >= 4 is 0 Å². The standard InChI is InChI=1S/C43H29N5/c1-3-9-30(10-4-1)31-20-22-35(23-21-31)42-46-41(34-11-5-2-6-12-34)47-43(48-42)37-14-7-13-36(27-37)32-16-18-33(19-17-32)38-24-25-40(45-29-38)39-15-8-26-44-28-39/h1-29H. The summed E-state index contributed by atoms with van der Waals surface area (Å²) in [6.45, 7) is 0. The largest absolute Gasteiger partial charge is 0.264 e. The van der Waals surface area contributed by atoms with E-state index < -0.39 is 0 Å². The summed E-state index contributed by atoms with van der Waals surface area (Å²) in [6, 6.07) is 53.8. The van der Waals surface area contributed by atoms with Crippen molar-refractivity contribution in [3.8, 4) is 78.8 Å². The van der Waals surface area contributed by atoms with Crippen molar-refractivity contribution in [2.75, 3.05) is 0 Å². The van der Waals surface area contributed by atoms with Crippen molar-refractivity contribution in [3.05, 3.63) is 176 Å². The van der Waals surface area contributed by atoms with Crippen LogP contribution >= 0.6 is 0 Å². The number of pyridine rings is 2. The summed E-state index contributed by atoms with van der Waals surface area (Å²) in [6.07, 6.45) is 5.51. The van der Waals surface area contributed by atoms with Gasteiger partial charge in [-0.2, -0.15) is 0 Å². The Morgan fingerprint density at radius 3 is 1.35 bits per heavy atom. The second kappa shape index (κ2) is 13.0. The number of hydrogen-bond donors (Lipinski definition) is 0. The highest BCUT2D eigenvalue weighted by Gasteiger charge is 2.13. The third-order valence-corrected chi connectivity index (χ3v) is 8.31. The van der Waals surface area contributed by atoms with Crippen LogP contribution in [0.4, 0.5) is 0 Å². The van der Waals surface area contributed by atoms with Gasteiger partial charge >= 0.3 is 0 Å². The minimum Gasteiger partial charge on any atom is -0.264 e. The van der Waals surface area contributed by atoms with E-state index in [2.05, 4.69) is 113 Å². The zero-order valence-electron chi connectivity index (χ0n) is 26.0. The summed E-state index contributed by atoms with van der Waals surface area (Å²) < 4.78 is 0. The first-order chi connectivity index (χ1) is 23.8. The van der Waals surface area contributed by atoms with Crippen LogP contribution in [0.3, 0.4) is 0 Å². The van der Waals surface area contributed by atoms with E-state index in [-0.39, 0.29) is 0 Å². The molecular formula is C43H29N5. The van der Waals surface area contributed by atoms with Crippen molar-refractivity contribution in [2.24, 2.45) is 0 Å². The summed E-state index contributed by atoms with van der Waals surface area (Å²) in [7, 11) is 0. The van der Waals surface area contributed by atoms with E-state index in [9.17, 15) is 0 Å². The number of hydrogen-bond acceptors (Lipinski definition) is 5. The molecule has 5 aromatic carbocycles. The molecule has 0 N–H and O–H groups in total. The van der Waals surface area contributed by atoms with Crippen LogP contribution in [0.5, 0.6) is 0 Å². The summed E-state index contributed by atoms with van der Waals surface area (Å²) in [5, 5.41) is 0. The maximum absolute atomic E-state index is 4.99. The van der Waals surface area contributed by atoms with Crippen LogP contribution in [0.25, 0.3) is 78.8 Å². The number of aromatic nitrogens is 5. The van der Waals surface area contributed by atoms with Gasteiger partial charge in [-0.1, -0.05) is 133 Å². The molecular weight excluding hydrogens is 587 g/mol. The van der Waals surface area contributed by atoms with Crippen molar-refractivity contribution in [1.82, 2.24) is 24.9 Å². The molecule has 8 aromatic rings. The lowest BCUT2D eigenvalue weighted by atomic mass is 9.99. The van der Waals surface area contributed by atoms with Gasteiger partial charge in [0.1, 0.15) is 0 Å². The van der Waals surface area contributed by atoms with Crippen LogP contribution < -0.4 is 0 Å². The van der Waals surface area contributed by atoms with Crippen molar-refractivity contribution in [1.29, 1.82) is 0 Å². The third-order valence-electron chi connectivity index (χ3n) is 8.31. The molecule has 0 atom stereocenters. The van der Waals surface area contributed by atoms with E-state index in [1.54, 1.807) is 6.20 Å². The zero-order valence-corrected chi connectivity index (χ0v) is 26.0. The quantitative estimate of drug-likeness (QED) is 0.178. The van der Waals surface area contributed by atoms with Gasteiger partial charge in [-0.05, 0) is 52.1 Å². The normalized spacial score (nSPS) is 10.9. The lowest BCUT2D eigenvalue weighted by molar-refractivity contribution is 1.07. The Morgan fingerprint density at radius 1 is 0.292 bits per heavy atom. The van der Waals surface area contributed by atoms with Crippen LogP contribution in [-0.4, -0.2) is 24.9 Å². The molecule has 0 unspecified atom stereocenters. The molecule has 5 heteroatoms. The van der Waals surface area contributed by atoms with E-state index in [4.69, 9.17) is 15.0 Å². The fourth-order valence-corrected chi connectivity index (χ4v) is 5.74. The first-order valence-corrected chi connectivity index (χ1v) is 15.8. The van der Waals surface area contributed by atoms with Gasteiger partial charge in [-0.3, -0.25) is 9.97 Å². The Bertz CT molecular complexity index is 2290. The molecule has 0 saturated carbocycles. The minimum absolute atomic E-state index is 0.629. The number of rotatable bonds is 7. The molecule has 0 radical (unpaired) electrons. The molecule has 5 nitrogen and oxygen atoms in total. The van der Waals surface area contributed by atoms with Crippen LogP contribution in [0, 0.1) is 0 Å². The molecule has 8 rings (SSSR count). The zero-order chi connectivity index (χ0) is 32.1. The fraction of sp³-hybridized carbons (Fsp3) is 0. The molecule has 0 saturated heterocycles. The van der Waals surface area contributed by atoms with Gasteiger partial charge in [0, 0.05) is 46.4 Å². The Kier molecular flexibility index (Phi) is 7.83. The fourth-order valence-electron chi connectivity index (χ4n) is 5.74. The Hall–Kier alpha value is -6.59. The molecule has 0 aliphatic carbocycles. The number of nitrogens with zero attached hydrogens (tertiary/aromatic N) is 5. The second-order valence-corrected chi connectivity index (χ2v) is 11.4. The first-order valence-electron chi connectivity index (χ1n) is 15.8. The lowest BCUT2D eigenvalue weighted by Crippen LogP contribution is -2.00. The molecule has 226 valence electrons. The van der Waals surface area contributed by atoms with Crippen LogP contribution in [0.2, 0.25) is 0 Å². The van der Waals surface area contributed by atoms with Crippen LogP contribution in [-0.2, 0) is 0 Å². The number of benzene rings is 5. The van der Waals surface area contributed by atoms with Gasteiger partial charge in [0.25, 0.3) is 0 Å². The molecule has 0 fully saturated rings.